The number of Topliss-reactive ketones (excluding diaryl/α,β-unsaturated/α-hetero) is 1. The molecule has 0 spiro atoms. The molecule has 2 aromatic carbocycles. The lowest BCUT2D eigenvalue weighted by Crippen LogP contribution is -2.33. The molecule has 1 amide bonds. The number of hydrogen-bond donors (Lipinski definition) is 1. The number of aliphatic hydroxyl groups is 1. The minimum atomic E-state index is -0.757. The van der Waals surface area contributed by atoms with E-state index in [1.165, 1.54) is 0 Å². The van der Waals surface area contributed by atoms with E-state index in [-0.39, 0.29) is 11.3 Å². The van der Waals surface area contributed by atoms with Crippen molar-refractivity contribution in [2.24, 2.45) is 0 Å². The van der Waals surface area contributed by atoms with Crippen molar-refractivity contribution >= 4 is 29.1 Å². The second-order valence-electron chi connectivity index (χ2n) is 8.45. The van der Waals surface area contributed by atoms with E-state index in [1.54, 1.807) is 41.3 Å². The summed E-state index contributed by atoms with van der Waals surface area (Å²) in [7, 11) is 0. The van der Waals surface area contributed by atoms with Gasteiger partial charge < -0.3 is 24.4 Å². The van der Waals surface area contributed by atoms with E-state index in [9.17, 15) is 14.7 Å². The fraction of sp³-hybridized carbons (Fsp3) is 0.429. The Morgan fingerprint density at radius 3 is 2.22 bits per heavy atom. The van der Waals surface area contributed by atoms with E-state index in [4.69, 9.17) is 21.1 Å². The number of carbonyl (C=O) groups excluding carboxylic acids is 2. The van der Waals surface area contributed by atoms with Crippen molar-refractivity contribution in [1.29, 1.82) is 0 Å². The van der Waals surface area contributed by atoms with Crippen molar-refractivity contribution in [1.82, 2.24) is 9.80 Å². The molecular weight excluding hydrogens is 480 g/mol. The Kier molecular flexibility index (Phi) is 9.79. The molecule has 3 rings (SSSR count). The first-order chi connectivity index (χ1) is 17.4. The van der Waals surface area contributed by atoms with Gasteiger partial charge >= 0.3 is 0 Å². The average Bonchev–Trinajstić information content (AvgIpc) is 3.13. The van der Waals surface area contributed by atoms with Crippen LogP contribution in [0, 0.1) is 0 Å². The predicted molar refractivity (Wildman–Crippen MR) is 142 cm³/mol. The van der Waals surface area contributed by atoms with Gasteiger partial charge in [-0.2, -0.15) is 0 Å². The van der Waals surface area contributed by atoms with E-state index >= 15 is 0 Å². The summed E-state index contributed by atoms with van der Waals surface area (Å²) >= 11 is 6.01. The van der Waals surface area contributed by atoms with Crippen LogP contribution in [-0.2, 0) is 9.59 Å². The smallest absolute Gasteiger partial charge is 0.295 e. The lowest BCUT2D eigenvalue weighted by molar-refractivity contribution is -0.140. The summed E-state index contributed by atoms with van der Waals surface area (Å²) in [4.78, 5) is 30.3. The Morgan fingerprint density at radius 2 is 1.61 bits per heavy atom. The summed E-state index contributed by atoms with van der Waals surface area (Å²) in [5.74, 6) is -0.450. The second-order valence-corrected chi connectivity index (χ2v) is 8.89. The monoisotopic (exact) mass is 514 g/mol. The fourth-order valence-corrected chi connectivity index (χ4v) is 4.59. The Labute approximate surface area is 218 Å². The molecule has 1 unspecified atom stereocenters. The van der Waals surface area contributed by atoms with Crippen LogP contribution in [-0.4, -0.2) is 66.0 Å². The molecule has 1 N–H and O–H groups in total. The predicted octanol–water partition coefficient (Wildman–Crippen LogP) is 5.29. The fourth-order valence-electron chi connectivity index (χ4n) is 4.46. The molecule has 0 radical (unpaired) electrons. The number of benzene rings is 2. The van der Waals surface area contributed by atoms with Crippen LogP contribution < -0.4 is 9.47 Å². The Bertz CT molecular complexity index is 1100. The number of hydrogen-bond acceptors (Lipinski definition) is 6. The number of ether oxygens (including phenoxy) is 2. The molecule has 194 valence electrons. The van der Waals surface area contributed by atoms with Crippen molar-refractivity contribution in [2.75, 3.05) is 39.4 Å². The number of halogens is 1. The number of amides is 1. The zero-order valence-electron chi connectivity index (χ0n) is 21.4. The highest BCUT2D eigenvalue weighted by Gasteiger charge is 2.46. The third-order valence-electron chi connectivity index (χ3n) is 6.31. The van der Waals surface area contributed by atoms with Gasteiger partial charge in [-0.15, -0.1) is 0 Å². The van der Waals surface area contributed by atoms with Crippen LogP contribution >= 0.6 is 11.6 Å². The van der Waals surface area contributed by atoms with E-state index in [0.29, 0.717) is 53.8 Å². The minimum Gasteiger partial charge on any atom is -0.507 e. The van der Waals surface area contributed by atoms with E-state index in [0.717, 1.165) is 19.6 Å². The Hall–Kier alpha value is -3.03. The molecule has 8 heteroatoms. The maximum absolute atomic E-state index is 13.3. The number of ketones is 1. The third kappa shape index (κ3) is 6.02. The highest BCUT2D eigenvalue weighted by molar-refractivity contribution is 6.46. The summed E-state index contributed by atoms with van der Waals surface area (Å²) in [6, 6.07) is 11.2. The van der Waals surface area contributed by atoms with Crippen molar-refractivity contribution in [3.63, 3.8) is 0 Å². The molecule has 0 bridgehead atoms. The minimum absolute atomic E-state index is 0.0526. The molecular formula is C28H35ClN2O5. The molecule has 1 heterocycles. The lowest BCUT2D eigenvalue weighted by Gasteiger charge is -2.27. The second kappa shape index (κ2) is 12.8. The van der Waals surface area contributed by atoms with Crippen LogP contribution in [0.25, 0.3) is 5.76 Å². The molecule has 2 aromatic rings. The van der Waals surface area contributed by atoms with Crippen molar-refractivity contribution in [3.05, 3.63) is 64.2 Å². The molecule has 1 aliphatic heterocycles. The molecule has 0 aliphatic carbocycles. The summed E-state index contributed by atoms with van der Waals surface area (Å²) in [6.45, 7) is 11.8. The first-order valence-electron chi connectivity index (χ1n) is 12.5. The SMILES string of the molecule is CCOc1ccc(C2/C(=C(/O)c3ccc(Cl)cc3)C(=O)C(=O)N2CCCN(CC)CC)cc1OCC. The van der Waals surface area contributed by atoms with Crippen LogP contribution in [0.5, 0.6) is 11.5 Å². The van der Waals surface area contributed by atoms with Crippen LogP contribution in [0.15, 0.2) is 48.0 Å². The molecule has 1 fully saturated rings. The highest BCUT2D eigenvalue weighted by atomic mass is 35.5. The van der Waals surface area contributed by atoms with Crippen LogP contribution in [0.4, 0.5) is 0 Å². The molecule has 7 nitrogen and oxygen atoms in total. The van der Waals surface area contributed by atoms with Crippen LogP contribution in [0.3, 0.4) is 0 Å². The highest BCUT2D eigenvalue weighted by Crippen LogP contribution is 2.42. The van der Waals surface area contributed by atoms with Gasteiger partial charge in [0.25, 0.3) is 11.7 Å². The van der Waals surface area contributed by atoms with Gasteiger partial charge in [-0.25, -0.2) is 0 Å². The molecule has 1 aliphatic rings. The van der Waals surface area contributed by atoms with Gasteiger partial charge in [0.15, 0.2) is 11.5 Å². The van der Waals surface area contributed by atoms with Crippen molar-refractivity contribution in [3.8, 4) is 11.5 Å². The molecule has 36 heavy (non-hydrogen) atoms. The maximum Gasteiger partial charge on any atom is 0.295 e. The largest absolute Gasteiger partial charge is 0.507 e. The van der Waals surface area contributed by atoms with Gasteiger partial charge in [-0.3, -0.25) is 9.59 Å². The normalized spacial score (nSPS) is 17.2. The maximum atomic E-state index is 13.3. The molecule has 0 aromatic heterocycles. The van der Waals surface area contributed by atoms with Gasteiger partial charge in [0.05, 0.1) is 24.8 Å². The topological polar surface area (TPSA) is 79.3 Å². The van der Waals surface area contributed by atoms with E-state index in [1.807, 2.05) is 19.9 Å². The zero-order chi connectivity index (χ0) is 26.2. The molecule has 0 saturated carbocycles. The summed E-state index contributed by atoms with van der Waals surface area (Å²) in [5, 5.41) is 11.7. The summed E-state index contributed by atoms with van der Waals surface area (Å²) in [6.07, 6.45) is 0.696. The van der Waals surface area contributed by atoms with Gasteiger partial charge in [0, 0.05) is 17.1 Å². The van der Waals surface area contributed by atoms with Gasteiger partial charge in [0.2, 0.25) is 0 Å². The first-order valence-corrected chi connectivity index (χ1v) is 12.9. The summed E-state index contributed by atoms with van der Waals surface area (Å²) < 4.78 is 11.5. The number of aliphatic hydroxyl groups excluding tert-OH is 1. The number of carbonyl (C=O) groups is 2. The van der Waals surface area contributed by atoms with Crippen molar-refractivity contribution < 1.29 is 24.2 Å². The van der Waals surface area contributed by atoms with Crippen LogP contribution in [0.2, 0.25) is 5.02 Å². The summed E-state index contributed by atoms with van der Waals surface area (Å²) in [5.41, 5.74) is 1.14. The molecule has 1 atom stereocenters. The quantitative estimate of drug-likeness (QED) is 0.235. The van der Waals surface area contributed by atoms with E-state index < -0.39 is 17.7 Å². The van der Waals surface area contributed by atoms with Crippen molar-refractivity contribution in [2.45, 2.75) is 40.2 Å². The molecule has 1 saturated heterocycles. The standard InChI is InChI=1S/C28H35ClN2O5/c1-5-30(6-2)16-9-17-31-25(20-12-15-22(35-7-3)23(18-20)36-8-4)24(27(33)28(31)34)26(32)19-10-13-21(29)14-11-19/h10-15,18,25,32H,5-9,16-17H2,1-4H3/b26-24-. The zero-order valence-corrected chi connectivity index (χ0v) is 22.2. The first kappa shape index (κ1) is 27.6. The number of rotatable bonds is 12. The van der Waals surface area contributed by atoms with Gasteiger partial charge in [-0.1, -0.05) is 31.5 Å². The number of nitrogens with zero attached hydrogens (tertiary/aromatic N) is 2. The average molecular weight is 515 g/mol. The lowest BCUT2D eigenvalue weighted by atomic mass is 9.95. The third-order valence-corrected chi connectivity index (χ3v) is 6.56. The van der Waals surface area contributed by atoms with E-state index in [2.05, 4.69) is 18.7 Å². The Balaban J connectivity index is 2.09. The number of likely N-dealkylation sites (tertiary alicyclic amines) is 1. The Morgan fingerprint density at radius 1 is 0.972 bits per heavy atom. The van der Waals surface area contributed by atoms with Gasteiger partial charge in [-0.05, 0) is 81.9 Å². The van der Waals surface area contributed by atoms with Crippen LogP contribution in [0.1, 0.15) is 51.3 Å². The van der Waals surface area contributed by atoms with Gasteiger partial charge in [0.1, 0.15) is 5.76 Å².